The molecule has 1 aliphatic heterocycles. The molecule has 20 heavy (non-hydrogen) atoms. The number of nitrogens with zero attached hydrogens (tertiary/aromatic N) is 1. The molecule has 0 aliphatic carbocycles. The molecule has 1 aromatic rings. The van der Waals surface area contributed by atoms with Crippen molar-refractivity contribution in [3.8, 4) is 0 Å². The van der Waals surface area contributed by atoms with Crippen molar-refractivity contribution < 1.29 is 9.18 Å². The van der Waals surface area contributed by atoms with Crippen molar-refractivity contribution in [3.05, 3.63) is 29.0 Å². The minimum absolute atomic E-state index is 0.163. The summed E-state index contributed by atoms with van der Waals surface area (Å²) in [6, 6.07) is 3.81. The Labute approximate surface area is 127 Å². The molecule has 0 saturated carbocycles. The van der Waals surface area contributed by atoms with Crippen molar-refractivity contribution in [2.75, 3.05) is 30.4 Å². The van der Waals surface area contributed by atoms with Gasteiger partial charge in [0.25, 0.3) is 0 Å². The topological polar surface area (TPSA) is 32.3 Å². The van der Waals surface area contributed by atoms with Crippen LogP contribution in [0.3, 0.4) is 0 Å². The lowest BCUT2D eigenvalue weighted by molar-refractivity contribution is 0.183. The Kier molecular flexibility index (Phi) is 5.54. The predicted octanol–water partition coefficient (Wildman–Crippen LogP) is 4.09. The molecule has 1 aliphatic rings. The van der Waals surface area contributed by atoms with Crippen LogP contribution in [0.1, 0.15) is 12.8 Å². The largest absolute Gasteiger partial charge is 0.324 e. The summed E-state index contributed by atoms with van der Waals surface area (Å²) >= 11 is 7.72. The van der Waals surface area contributed by atoms with Gasteiger partial charge in [-0.3, -0.25) is 0 Å². The van der Waals surface area contributed by atoms with Gasteiger partial charge in [0.1, 0.15) is 5.82 Å². The van der Waals surface area contributed by atoms with E-state index < -0.39 is 5.82 Å². The third kappa shape index (κ3) is 4.03. The molecule has 1 saturated heterocycles. The van der Waals surface area contributed by atoms with Crippen LogP contribution in [0.25, 0.3) is 0 Å². The number of halogens is 2. The lowest BCUT2D eigenvalue weighted by Crippen LogP contribution is -2.42. The quantitative estimate of drug-likeness (QED) is 0.911. The maximum absolute atomic E-state index is 13.0. The zero-order valence-corrected chi connectivity index (χ0v) is 12.9. The Morgan fingerprint density at radius 2 is 2.40 bits per heavy atom. The van der Waals surface area contributed by atoms with E-state index in [1.807, 2.05) is 16.7 Å². The predicted molar refractivity (Wildman–Crippen MR) is 83.1 cm³/mol. The number of piperidine rings is 1. The number of likely N-dealkylation sites (tertiary alicyclic amines) is 1. The number of amides is 2. The molecular weight excluding hydrogens is 299 g/mol. The molecule has 0 bridgehead atoms. The molecule has 6 heteroatoms. The minimum Gasteiger partial charge on any atom is -0.324 e. The van der Waals surface area contributed by atoms with Crippen LogP contribution in [0.15, 0.2) is 18.2 Å². The summed E-state index contributed by atoms with van der Waals surface area (Å²) in [6.07, 6.45) is 4.27. The van der Waals surface area contributed by atoms with Crippen molar-refractivity contribution >= 4 is 35.1 Å². The van der Waals surface area contributed by atoms with Crippen LogP contribution in [0.4, 0.5) is 14.9 Å². The Balaban J connectivity index is 1.97. The van der Waals surface area contributed by atoms with E-state index in [-0.39, 0.29) is 11.1 Å². The monoisotopic (exact) mass is 316 g/mol. The lowest BCUT2D eigenvalue weighted by Gasteiger charge is -2.32. The molecule has 2 rings (SSSR count). The highest BCUT2D eigenvalue weighted by atomic mass is 35.5. The number of carbonyl (C=O) groups is 1. The van der Waals surface area contributed by atoms with Crippen LogP contribution in [0, 0.1) is 11.7 Å². The Bertz CT molecular complexity index is 484. The molecule has 3 nitrogen and oxygen atoms in total. The van der Waals surface area contributed by atoms with Crippen LogP contribution in [0.5, 0.6) is 0 Å². The first kappa shape index (κ1) is 15.4. The van der Waals surface area contributed by atoms with Gasteiger partial charge in [-0.15, -0.1) is 0 Å². The van der Waals surface area contributed by atoms with Crippen molar-refractivity contribution in [1.29, 1.82) is 0 Å². The average molecular weight is 317 g/mol. The van der Waals surface area contributed by atoms with E-state index in [1.54, 1.807) is 0 Å². The molecule has 0 aromatic heterocycles. The first-order valence-electron chi connectivity index (χ1n) is 6.60. The van der Waals surface area contributed by atoms with E-state index in [2.05, 4.69) is 11.6 Å². The molecule has 1 N–H and O–H groups in total. The van der Waals surface area contributed by atoms with Gasteiger partial charge in [-0.1, -0.05) is 11.6 Å². The lowest BCUT2D eigenvalue weighted by atomic mass is 10.0. The summed E-state index contributed by atoms with van der Waals surface area (Å²) in [7, 11) is 0. The maximum atomic E-state index is 13.0. The van der Waals surface area contributed by atoms with Gasteiger partial charge < -0.3 is 10.2 Å². The molecule has 1 aromatic carbocycles. The maximum Gasteiger partial charge on any atom is 0.321 e. The number of rotatable bonds is 3. The van der Waals surface area contributed by atoms with Crippen LogP contribution in [0.2, 0.25) is 5.02 Å². The molecule has 1 heterocycles. The summed E-state index contributed by atoms with van der Waals surface area (Å²) in [6.45, 7) is 1.53. The van der Waals surface area contributed by atoms with Crippen LogP contribution < -0.4 is 5.32 Å². The second-order valence-electron chi connectivity index (χ2n) is 4.96. The van der Waals surface area contributed by atoms with Crippen LogP contribution in [-0.4, -0.2) is 36.0 Å². The van der Waals surface area contributed by atoms with E-state index in [1.165, 1.54) is 24.6 Å². The molecule has 0 spiro atoms. The smallest absolute Gasteiger partial charge is 0.321 e. The standard InChI is InChI=1S/C14H18ClFN2OS/c1-20-9-10-3-2-6-18(8-10)14(19)17-13-5-4-11(16)7-12(13)15/h4-5,7,10H,2-3,6,8-9H2,1H3,(H,17,19). The number of nitrogens with one attached hydrogen (secondary N) is 1. The van der Waals surface area contributed by atoms with Crippen molar-refractivity contribution in [2.45, 2.75) is 12.8 Å². The zero-order valence-electron chi connectivity index (χ0n) is 11.4. The van der Waals surface area contributed by atoms with Crippen LogP contribution in [-0.2, 0) is 0 Å². The molecule has 1 unspecified atom stereocenters. The molecule has 0 radical (unpaired) electrons. The van der Waals surface area contributed by atoms with E-state index >= 15 is 0 Å². The minimum atomic E-state index is -0.411. The molecule has 110 valence electrons. The van der Waals surface area contributed by atoms with Crippen molar-refractivity contribution in [1.82, 2.24) is 4.90 Å². The third-order valence-corrected chi connectivity index (χ3v) is 4.50. The van der Waals surface area contributed by atoms with Gasteiger partial charge in [0, 0.05) is 13.1 Å². The van der Waals surface area contributed by atoms with Gasteiger partial charge in [-0.05, 0) is 49.0 Å². The highest BCUT2D eigenvalue weighted by Gasteiger charge is 2.23. The zero-order chi connectivity index (χ0) is 14.5. The summed E-state index contributed by atoms with van der Waals surface area (Å²) in [5.74, 6) is 1.21. The second-order valence-corrected chi connectivity index (χ2v) is 6.28. The summed E-state index contributed by atoms with van der Waals surface area (Å²) in [5, 5.41) is 2.97. The molecule has 1 atom stereocenters. The van der Waals surface area contributed by atoms with Gasteiger partial charge in [-0.2, -0.15) is 11.8 Å². The fourth-order valence-electron chi connectivity index (χ4n) is 2.41. The third-order valence-electron chi connectivity index (χ3n) is 3.38. The molecule has 1 fully saturated rings. The van der Waals surface area contributed by atoms with Crippen molar-refractivity contribution in [3.63, 3.8) is 0 Å². The number of anilines is 1. The molecular formula is C14H18ClFN2OS. The number of hydrogen-bond acceptors (Lipinski definition) is 2. The summed E-state index contributed by atoms with van der Waals surface area (Å²) in [5.41, 5.74) is 0.449. The highest BCUT2D eigenvalue weighted by molar-refractivity contribution is 7.98. The second kappa shape index (κ2) is 7.18. The van der Waals surface area contributed by atoms with Gasteiger partial charge in [0.2, 0.25) is 0 Å². The number of carbonyl (C=O) groups excluding carboxylic acids is 1. The Morgan fingerprint density at radius 3 is 3.10 bits per heavy atom. The van der Waals surface area contributed by atoms with E-state index in [0.717, 1.165) is 25.3 Å². The first-order valence-corrected chi connectivity index (χ1v) is 8.37. The van der Waals surface area contributed by atoms with E-state index in [4.69, 9.17) is 11.6 Å². The summed E-state index contributed by atoms with van der Waals surface area (Å²) in [4.78, 5) is 14.0. The van der Waals surface area contributed by atoms with Gasteiger partial charge in [-0.25, -0.2) is 9.18 Å². The fraction of sp³-hybridized carbons (Fsp3) is 0.500. The van der Waals surface area contributed by atoms with Crippen LogP contribution >= 0.6 is 23.4 Å². The Morgan fingerprint density at radius 1 is 1.60 bits per heavy atom. The molecule has 2 amide bonds. The van der Waals surface area contributed by atoms with Gasteiger partial charge in [0.05, 0.1) is 10.7 Å². The number of urea groups is 1. The number of hydrogen-bond donors (Lipinski definition) is 1. The number of thioether (sulfide) groups is 1. The number of benzene rings is 1. The fourth-order valence-corrected chi connectivity index (χ4v) is 3.36. The SMILES string of the molecule is CSCC1CCCN(C(=O)Nc2ccc(F)cc2Cl)C1. The normalized spacial score (nSPS) is 18.9. The van der Waals surface area contributed by atoms with Crippen molar-refractivity contribution in [2.24, 2.45) is 5.92 Å². The van der Waals surface area contributed by atoms with E-state index in [9.17, 15) is 9.18 Å². The average Bonchev–Trinajstić information content (AvgIpc) is 2.42. The Hall–Kier alpha value is -0.940. The highest BCUT2D eigenvalue weighted by Crippen LogP contribution is 2.24. The van der Waals surface area contributed by atoms with Gasteiger partial charge in [0.15, 0.2) is 0 Å². The van der Waals surface area contributed by atoms with Gasteiger partial charge >= 0.3 is 6.03 Å². The summed E-state index contributed by atoms with van der Waals surface area (Å²) < 4.78 is 13.0. The van der Waals surface area contributed by atoms with E-state index in [0.29, 0.717) is 11.6 Å². The first-order chi connectivity index (χ1) is 9.60.